The lowest BCUT2D eigenvalue weighted by Crippen LogP contribution is -2.12. The standard InChI is InChI=1S/C24H18Cl2FN3O2/c25-19-5-2-6-22(10-19)32-15-16-3-1-4-17(9-16)24(31)29-21-12-28-30(14-21)13-18-7-8-20(27)11-23(18)26/h1-12,14H,13,15H2,(H,29,31). The van der Waals surface area contributed by atoms with Crippen molar-refractivity contribution >= 4 is 34.8 Å². The number of amides is 1. The molecule has 4 aromatic rings. The number of nitrogens with zero attached hydrogens (tertiary/aromatic N) is 2. The third-order valence-corrected chi connectivity index (χ3v) is 5.22. The first kappa shape index (κ1) is 21.9. The Balaban J connectivity index is 1.38. The number of carbonyl (C=O) groups excluding carboxylic acids is 1. The Bertz CT molecular complexity index is 1260. The van der Waals surface area contributed by atoms with E-state index in [1.54, 1.807) is 53.5 Å². The zero-order valence-corrected chi connectivity index (χ0v) is 18.3. The highest BCUT2D eigenvalue weighted by Gasteiger charge is 2.10. The van der Waals surface area contributed by atoms with Crippen molar-refractivity contribution in [2.75, 3.05) is 5.32 Å². The molecule has 1 aromatic heterocycles. The van der Waals surface area contributed by atoms with Crippen LogP contribution in [0, 0.1) is 5.82 Å². The summed E-state index contributed by atoms with van der Waals surface area (Å²) in [6.07, 6.45) is 3.23. The van der Waals surface area contributed by atoms with Crippen LogP contribution in [0.15, 0.2) is 79.1 Å². The van der Waals surface area contributed by atoms with Gasteiger partial charge in [-0.1, -0.05) is 47.5 Å². The summed E-state index contributed by atoms with van der Waals surface area (Å²) in [7, 11) is 0. The van der Waals surface area contributed by atoms with Crippen LogP contribution < -0.4 is 10.1 Å². The minimum absolute atomic E-state index is 0.269. The van der Waals surface area contributed by atoms with Crippen molar-refractivity contribution in [3.8, 4) is 5.75 Å². The number of carbonyl (C=O) groups is 1. The highest BCUT2D eigenvalue weighted by Crippen LogP contribution is 2.20. The van der Waals surface area contributed by atoms with E-state index in [0.29, 0.717) is 40.2 Å². The van der Waals surface area contributed by atoms with Gasteiger partial charge in [-0.15, -0.1) is 0 Å². The van der Waals surface area contributed by atoms with E-state index in [1.807, 2.05) is 18.2 Å². The molecule has 1 N–H and O–H groups in total. The molecule has 8 heteroatoms. The van der Waals surface area contributed by atoms with Crippen LogP contribution in [0.2, 0.25) is 10.0 Å². The molecule has 0 fully saturated rings. The van der Waals surface area contributed by atoms with Crippen LogP contribution >= 0.6 is 23.2 Å². The molecule has 0 atom stereocenters. The maximum absolute atomic E-state index is 13.2. The van der Waals surface area contributed by atoms with Crippen LogP contribution in [0.1, 0.15) is 21.5 Å². The van der Waals surface area contributed by atoms with Crippen LogP contribution in [-0.4, -0.2) is 15.7 Å². The molecule has 162 valence electrons. The zero-order chi connectivity index (χ0) is 22.5. The number of aromatic nitrogens is 2. The summed E-state index contributed by atoms with van der Waals surface area (Å²) in [5.41, 5.74) is 2.60. The van der Waals surface area contributed by atoms with Crippen molar-refractivity contribution in [3.05, 3.63) is 112 Å². The van der Waals surface area contributed by atoms with Gasteiger partial charge in [-0.05, 0) is 53.6 Å². The van der Waals surface area contributed by atoms with Gasteiger partial charge in [0.2, 0.25) is 0 Å². The highest BCUT2D eigenvalue weighted by molar-refractivity contribution is 6.31. The molecule has 0 aliphatic heterocycles. The second kappa shape index (κ2) is 9.85. The number of hydrogen-bond acceptors (Lipinski definition) is 3. The molecule has 0 radical (unpaired) electrons. The van der Waals surface area contributed by atoms with Crippen LogP contribution in [0.3, 0.4) is 0 Å². The maximum atomic E-state index is 13.2. The maximum Gasteiger partial charge on any atom is 0.255 e. The van der Waals surface area contributed by atoms with E-state index in [0.717, 1.165) is 11.1 Å². The van der Waals surface area contributed by atoms with Crippen molar-refractivity contribution in [2.24, 2.45) is 0 Å². The lowest BCUT2D eigenvalue weighted by Gasteiger charge is -2.08. The molecule has 4 rings (SSSR count). The molecule has 32 heavy (non-hydrogen) atoms. The first-order valence-electron chi connectivity index (χ1n) is 9.71. The molecule has 0 aliphatic rings. The number of rotatable bonds is 7. The number of ether oxygens (including phenoxy) is 1. The van der Waals surface area contributed by atoms with Gasteiger partial charge < -0.3 is 10.1 Å². The van der Waals surface area contributed by atoms with Gasteiger partial charge in [-0.3, -0.25) is 9.48 Å². The van der Waals surface area contributed by atoms with E-state index in [1.165, 1.54) is 12.1 Å². The fourth-order valence-corrected chi connectivity index (χ4v) is 3.48. The normalized spacial score (nSPS) is 10.7. The minimum atomic E-state index is -0.396. The average molecular weight is 470 g/mol. The van der Waals surface area contributed by atoms with Gasteiger partial charge in [-0.25, -0.2) is 4.39 Å². The molecular formula is C24H18Cl2FN3O2. The Hall–Kier alpha value is -3.35. The molecule has 5 nitrogen and oxygen atoms in total. The molecular weight excluding hydrogens is 452 g/mol. The summed E-state index contributed by atoms with van der Waals surface area (Å²) in [4.78, 5) is 12.7. The van der Waals surface area contributed by atoms with Crippen molar-refractivity contribution in [3.63, 3.8) is 0 Å². The van der Waals surface area contributed by atoms with Crippen molar-refractivity contribution in [2.45, 2.75) is 13.2 Å². The van der Waals surface area contributed by atoms with E-state index < -0.39 is 5.82 Å². The van der Waals surface area contributed by atoms with E-state index >= 15 is 0 Å². The number of benzene rings is 3. The Morgan fingerprint density at radius 3 is 2.72 bits per heavy atom. The van der Waals surface area contributed by atoms with E-state index in [2.05, 4.69) is 10.4 Å². The Labute approximate surface area is 194 Å². The van der Waals surface area contributed by atoms with Gasteiger partial charge in [-0.2, -0.15) is 5.10 Å². The molecule has 1 heterocycles. The lowest BCUT2D eigenvalue weighted by atomic mass is 10.1. The van der Waals surface area contributed by atoms with Crippen LogP contribution in [0.4, 0.5) is 10.1 Å². The van der Waals surface area contributed by atoms with Gasteiger partial charge in [0.25, 0.3) is 5.91 Å². The van der Waals surface area contributed by atoms with Gasteiger partial charge in [0, 0.05) is 21.8 Å². The average Bonchev–Trinajstić information content (AvgIpc) is 3.21. The first-order chi connectivity index (χ1) is 15.5. The largest absolute Gasteiger partial charge is 0.489 e. The lowest BCUT2D eigenvalue weighted by molar-refractivity contribution is 0.102. The van der Waals surface area contributed by atoms with Gasteiger partial charge in [0.15, 0.2) is 0 Å². The van der Waals surface area contributed by atoms with E-state index in [9.17, 15) is 9.18 Å². The van der Waals surface area contributed by atoms with Crippen molar-refractivity contribution in [1.29, 1.82) is 0 Å². The van der Waals surface area contributed by atoms with Crippen LogP contribution in [-0.2, 0) is 13.2 Å². The van der Waals surface area contributed by atoms with E-state index in [4.69, 9.17) is 27.9 Å². The number of halogens is 3. The topological polar surface area (TPSA) is 56.2 Å². The Morgan fingerprint density at radius 2 is 1.91 bits per heavy atom. The van der Waals surface area contributed by atoms with Crippen molar-refractivity contribution < 1.29 is 13.9 Å². The van der Waals surface area contributed by atoms with Gasteiger partial charge >= 0.3 is 0 Å². The van der Waals surface area contributed by atoms with Crippen LogP contribution in [0.5, 0.6) is 5.75 Å². The SMILES string of the molecule is O=C(Nc1cnn(Cc2ccc(F)cc2Cl)c1)c1cccc(COc2cccc(Cl)c2)c1. The molecule has 0 saturated heterocycles. The second-order valence-electron chi connectivity index (χ2n) is 7.06. The fraction of sp³-hybridized carbons (Fsp3) is 0.0833. The summed E-state index contributed by atoms with van der Waals surface area (Å²) in [6.45, 7) is 0.656. The molecule has 0 unspecified atom stereocenters. The number of anilines is 1. The van der Waals surface area contributed by atoms with Gasteiger partial charge in [0.1, 0.15) is 18.2 Å². The monoisotopic (exact) mass is 469 g/mol. The Kier molecular flexibility index (Phi) is 6.73. The predicted molar refractivity (Wildman–Crippen MR) is 123 cm³/mol. The summed E-state index contributed by atoms with van der Waals surface area (Å²) in [6, 6.07) is 18.5. The summed E-state index contributed by atoms with van der Waals surface area (Å²) >= 11 is 12.0. The predicted octanol–water partition coefficient (Wildman–Crippen LogP) is 6.21. The molecule has 1 amide bonds. The zero-order valence-electron chi connectivity index (χ0n) is 16.8. The summed E-state index contributed by atoms with van der Waals surface area (Å²) < 4.78 is 20.6. The quantitative estimate of drug-likeness (QED) is 0.350. The number of nitrogens with one attached hydrogen (secondary N) is 1. The number of hydrogen-bond donors (Lipinski definition) is 1. The van der Waals surface area contributed by atoms with E-state index in [-0.39, 0.29) is 5.91 Å². The van der Waals surface area contributed by atoms with Crippen molar-refractivity contribution in [1.82, 2.24) is 9.78 Å². The fourth-order valence-electron chi connectivity index (χ4n) is 3.07. The van der Waals surface area contributed by atoms with Crippen LogP contribution in [0.25, 0.3) is 0 Å². The van der Waals surface area contributed by atoms with Gasteiger partial charge in [0.05, 0.1) is 18.4 Å². The Morgan fingerprint density at radius 1 is 1.06 bits per heavy atom. The first-order valence-corrected chi connectivity index (χ1v) is 10.5. The molecule has 0 saturated carbocycles. The third kappa shape index (κ3) is 5.66. The smallest absolute Gasteiger partial charge is 0.255 e. The molecule has 0 spiro atoms. The molecule has 0 bridgehead atoms. The second-order valence-corrected chi connectivity index (χ2v) is 7.91. The molecule has 3 aromatic carbocycles. The third-order valence-electron chi connectivity index (χ3n) is 4.63. The highest BCUT2D eigenvalue weighted by atomic mass is 35.5. The molecule has 0 aliphatic carbocycles. The summed E-state index contributed by atoms with van der Waals surface area (Å²) in [5, 5.41) is 7.97. The summed E-state index contributed by atoms with van der Waals surface area (Å²) in [5.74, 6) is -0.0117. The minimum Gasteiger partial charge on any atom is -0.489 e.